The predicted molar refractivity (Wildman–Crippen MR) is 74.2 cm³/mol. The zero-order valence-corrected chi connectivity index (χ0v) is 10.9. The first-order valence-corrected chi connectivity index (χ1v) is 6.12. The third-order valence-electron chi connectivity index (χ3n) is 3.15. The normalized spacial score (nSPS) is 10.8. The average molecular weight is 301 g/mol. The highest BCUT2D eigenvalue weighted by Crippen LogP contribution is 2.26. The standard InChI is InChI=1S/C14H8FN3O4/c15-10-2-1-8(5-12(10)18(21)22)11-7-17-4-3-9(14(19)20)6-13(17)16-11/h1-7H,(H,19,20). The molecule has 110 valence electrons. The van der Waals surface area contributed by atoms with E-state index in [2.05, 4.69) is 4.98 Å². The van der Waals surface area contributed by atoms with Gasteiger partial charge in [0.25, 0.3) is 0 Å². The van der Waals surface area contributed by atoms with Crippen LogP contribution >= 0.6 is 0 Å². The van der Waals surface area contributed by atoms with Crippen molar-refractivity contribution >= 4 is 17.3 Å². The molecule has 0 saturated heterocycles. The van der Waals surface area contributed by atoms with Crippen LogP contribution in [0, 0.1) is 15.9 Å². The molecule has 1 N–H and O–H groups in total. The summed E-state index contributed by atoms with van der Waals surface area (Å²) in [5, 5.41) is 19.7. The van der Waals surface area contributed by atoms with E-state index in [0.29, 0.717) is 16.9 Å². The number of carboxylic acid groups (broad SMARTS) is 1. The summed E-state index contributed by atoms with van der Waals surface area (Å²) < 4.78 is 14.9. The van der Waals surface area contributed by atoms with Crippen molar-refractivity contribution in [3.05, 3.63) is 64.2 Å². The minimum absolute atomic E-state index is 0.0785. The number of pyridine rings is 1. The lowest BCUT2D eigenvalue weighted by Crippen LogP contribution is -1.96. The zero-order valence-electron chi connectivity index (χ0n) is 10.9. The van der Waals surface area contributed by atoms with Crippen LogP contribution in [0.3, 0.4) is 0 Å². The molecule has 3 aromatic rings. The minimum atomic E-state index is -1.08. The first-order chi connectivity index (χ1) is 10.5. The van der Waals surface area contributed by atoms with E-state index < -0.39 is 22.4 Å². The predicted octanol–water partition coefficient (Wildman–Crippen LogP) is 2.75. The number of hydrogen-bond donors (Lipinski definition) is 1. The summed E-state index contributed by atoms with van der Waals surface area (Å²) in [6.07, 6.45) is 3.10. The van der Waals surface area contributed by atoms with Crippen molar-refractivity contribution in [2.45, 2.75) is 0 Å². The van der Waals surface area contributed by atoms with Crippen LogP contribution in [0.15, 0.2) is 42.7 Å². The van der Waals surface area contributed by atoms with Crippen LogP contribution in [-0.2, 0) is 0 Å². The molecule has 8 heteroatoms. The van der Waals surface area contributed by atoms with Gasteiger partial charge in [0.1, 0.15) is 5.65 Å². The van der Waals surface area contributed by atoms with Crippen LogP contribution in [-0.4, -0.2) is 25.4 Å². The maximum absolute atomic E-state index is 13.3. The summed E-state index contributed by atoms with van der Waals surface area (Å²) in [6, 6.07) is 6.26. The number of benzene rings is 1. The molecule has 2 heterocycles. The van der Waals surface area contributed by atoms with E-state index in [4.69, 9.17) is 5.11 Å². The molecule has 0 fully saturated rings. The molecule has 0 bridgehead atoms. The highest BCUT2D eigenvalue weighted by Gasteiger charge is 2.16. The average Bonchev–Trinajstić information content (AvgIpc) is 2.90. The van der Waals surface area contributed by atoms with Crippen LogP contribution < -0.4 is 0 Å². The molecule has 3 rings (SSSR count). The van der Waals surface area contributed by atoms with Gasteiger partial charge < -0.3 is 9.51 Å². The molecular formula is C14H8FN3O4. The van der Waals surface area contributed by atoms with Gasteiger partial charge in [0.05, 0.1) is 16.2 Å². The number of carbonyl (C=O) groups is 1. The molecule has 22 heavy (non-hydrogen) atoms. The molecular weight excluding hydrogens is 293 g/mol. The molecule has 0 atom stereocenters. The molecule has 0 amide bonds. The van der Waals surface area contributed by atoms with Crippen molar-refractivity contribution < 1.29 is 19.2 Å². The van der Waals surface area contributed by atoms with Crippen molar-refractivity contribution in [2.75, 3.05) is 0 Å². The van der Waals surface area contributed by atoms with E-state index in [-0.39, 0.29) is 5.56 Å². The first kappa shape index (κ1) is 13.7. The molecule has 0 aliphatic rings. The number of carboxylic acids is 1. The Morgan fingerprint density at radius 1 is 1.32 bits per heavy atom. The number of aromatic nitrogens is 2. The molecule has 0 spiro atoms. The number of aromatic carboxylic acids is 1. The van der Waals surface area contributed by atoms with Gasteiger partial charge in [-0.3, -0.25) is 10.1 Å². The monoisotopic (exact) mass is 301 g/mol. The van der Waals surface area contributed by atoms with Gasteiger partial charge in [-0.05, 0) is 24.3 Å². The van der Waals surface area contributed by atoms with Gasteiger partial charge in [0.2, 0.25) is 5.82 Å². The molecule has 1 aromatic carbocycles. The van der Waals surface area contributed by atoms with Crippen LogP contribution in [0.4, 0.5) is 10.1 Å². The Kier molecular flexibility index (Phi) is 3.06. The van der Waals surface area contributed by atoms with Crippen molar-refractivity contribution in [1.82, 2.24) is 9.38 Å². The molecule has 0 radical (unpaired) electrons. The summed E-state index contributed by atoms with van der Waals surface area (Å²) in [5.74, 6) is -2.00. The lowest BCUT2D eigenvalue weighted by Gasteiger charge is -1.97. The maximum atomic E-state index is 13.3. The smallest absolute Gasteiger partial charge is 0.335 e. The Labute approximate surface area is 122 Å². The highest BCUT2D eigenvalue weighted by atomic mass is 19.1. The number of hydrogen-bond acceptors (Lipinski definition) is 4. The number of rotatable bonds is 3. The van der Waals surface area contributed by atoms with Crippen molar-refractivity contribution in [3.63, 3.8) is 0 Å². The molecule has 7 nitrogen and oxygen atoms in total. The van der Waals surface area contributed by atoms with Crippen LogP contribution in [0.2, 0.25) is 0 Å². The van der Waals surface area contributed by atoms with Crippen molar-refractivity contribution in [2.24, 2.45) is 0 Å². The third kappa shape index (κ3) is 2.26. The van der Waals surface area contributed by atoms with E-state index in [9.17, 15) is 19.3 Å². The molecule has 2 aromatic heterocycles. The van der Waals surface area contributed by atoms with Gasteiger partial charge in [-0.15, -0.1) is 0 Å². The van der Waals surface area contributed by atoms with E-state index in [0.717, 1.165) is 12.1 Å². The Bertz CT molecular complexity index is 920. The van der Waals surface area contributed by atoms with Gasteiger partial charge in [0.15, 0.2) is 0 Å². The number of nitrogens with zero attached hydrogens (tertiary/aromatic N) is 3. The summed E-state index contributed by atoms with van der Waals surface area (Å²) in [5.41, 5.74) is 0.566. The van der Waals surface area contributed by atoms with Gasteiger partial charge in [0, 0.05) is 24.0 Å². The number of nitro benzene ring substituents is 1. The van der Waals surface area contributed by atoms with Gasteiger partial charge in [-0.2, -0.15) is 4.39 Å². The summed E-state index contributed by atoms with van der Waals surface area (Å²) in [7, 11) is 0. The van der Waals surface area contributed by atoms with Crippen molar-refractivity contribution in [1.29, 1.82) is 0 Å². The molecule has 0 saturated carbocycles. The number of nitro groups is 1. The first-order valence-electron chi connectivity index (χ1n) is 6.12. The summed E-state index contributed by atoms with van der Waals surface area (Å²) in [4.78, 5) is 25.1. The summed E-state index contributed by atoms with van der Waals surface area (Å²) in [6.45, 7) is 0. The van der Waals surface area contributed by atoms with E-state index in [1.807, 2.05) is 0 Å². The van der Waals surface area contributed by atoms with Crippen LogP contribution in [0.1, 0.15) is 10.4 Å². The fourth-order valence-corrected chi connectivity index (χ4v) is 2.07. The Balaban J connectivity index is 2.12. The van der Waals surface area contributed by atoms with Gasteiger partial charge in [-0.1, -0.05) is 0 Å². The largest absolute Gasteiger partial charge is 0.478 e. The molecule has 0 aliphatic carbocycles. The third-order valence-corrected chi connectivity index (χ3v) is 3.15. The maximum Gasteiger partial charge on any atom is 0.335 e. The Morgan fingerprint density at radius 2 is 2.09 bits per heavy atom. The lowest BCUT2D eigenvalue weighted by atomic mass is 10.1. The fourth-order valence-electron chi connectivity index (χ4n) is 2.07. The Morgan fingerprint density at radius 3 is 2.77 bits per heavy atom. The minimum Gasteiger partial charge on any atom is -0.478 e. The summed E-state index contributed by atoms with van der Waals surface area (Å²) >= 11 is 0. The Hall–Kier alpha value is -3.29. The molecule has 0 aliphatic heterocycles. The quantitative estimate of drug-likeness (QED) is 0.592. The lowest BCUT2D eigenvalue weighted by molar-refractivity contribution is -0.387. The van der Waals surface area contributed by atoms with Crippen molar-refractivity contribution in [3.8, 4) is 11.3 Å². The fraction of sp³-hybridized carbons (Fsp3) is 0. The van der Waals surface area contributed by atoms with Gasteiger partial charge in [-0.25, -0.2) is 9.78 Å². The molecule has 0 unspecified atom stereocenters. The van der Waals surface area contributed by atoms with Crippen LogP contribution in [0.5, 0.6) is 0 Å². The van der Waals surface area contributed by atoms with E-state index in [1.165, 1.54) is 24.4 Å². The number of imidazole rings is 1. The topological polar surface area (TPSA) is 97.7 Å². The van der Waals surface area contributed by atoms with Gasteiger partial charge >= 0.3 is 11.7 Å². The zero-order chi connectivity index (χ0) is 15.9. The van der Waals surface area contributed by atoms with Crippen LogP contribution in [0.25, 0.3) is 16.9 Å². The van der Waals surface area contributed by atoms with E-state index in [1.54, 1.807) is 10.6 Å². The second-order valence-electron chi connectivity index (χ2n) is 4.54. The number of fused-ring (bicyclic) bond motifs is 1. The SMILES string of the molecule is O=C(O)c1ccn2cc(-c3ccc(F)c([N+](=O)[O-])c3)nc2c1. The number of halogens is 1. The second-order valence-corrected chi connectivity index (χ2v) is 4.54. The van der Waals surface area contributed by atoms with E-state index >= 15 is 0 Å². The second kappa shape index (κ2) is 4.92. The highest BCUT2D eigenvalue weighted by molar-refractivity contribution is 5.88.